The largest absolute Gasteiger partial charge is 0.398 e. The normalized spacial score (nSPS) is 12.7. The third-order valence-corrected chi connectivity index (χ3v) is 4.34. The molecule has 84 valence electrons. The lowest BCUT2D eigenvalue weighted by Gasteiger charge is -2.10. The highest BCUT2D eigenvalue weighted by atomic mass is 32.2. The molecular weight excluding hydrogens is 229 g/mol. The molecule has 5 heteroatoms. The fourth-order valence-corrected chi connectivity index (χ4v) is 3.00. The van der Waals surface area contributed by atoms with Crippen LogP contribution in [0.25, 0.3) is 0 Å². The maximum Gasteiger partial charge on any atom is 0.222 e. The van der Waals surface area contributed by atoms with Crippen molar-refractivity contribution in [1.82, 2.24) is 0 Å². The van der Waals surface area contributed by atoms with Crippen molar-refractivity contribution < 1.29 is 9.09 Å². The van der Waals surface area contributed by atoms with E-state index in [0.717, 1.165) is 16.2 Å². The van der Waals surface area contributed by atoms with Crippen LogP contribution in [-0.4, -0.2) is 12.9 Å². The molecule has 0 aliphatic rings. The number of hydrogen-bond acceptors (Lipinski definition) is 4. The van der Waals surface area contributed by atoms with Gasteiger partial charge in [-0.2, -0.15) is 0 Å². The van der Waals surface area contributed by atoms with Gasteiger partial charge in [-0.3, -0.25) is 4.57 Å². The Labute approximate surface area is 95.3 Å². The fraction of sp³-hybridized carbons (Fsp3) is 0.400. The summed E-state index contributed by atoms with van der Waals surface area (Å²) in [5.41, 5.74) is 7.47. The first-order valence-corrected chi connectivity index (χ1v) is 7.01. The molecule has 15 heavy (non-hydrogen) atoms. The van der Waals surface area contributed by atoms with Crippen molar-refractivity contribution in [3.05, 3.63) is 17.7 Å². The standard InChI is InChI=1S/C10H16NO2PS/c1-4-15-10-6-9(14(12)13-3)8(11)5-7(10)2/h5-6,14H,4,11H2,1-3H3. The van der Waals surface area contributed by atoms with Crippen molar-refractivity contribution in [3.8, 4) is 0 Å². The summed E-state index contributed by atoms with van der Waals surface area (Å²) in [6.07, 6.45) is 0. The molecule has 2 N–H and O–H groups in total. The van der Waals surface area contributed by atoms with Gasteiger partial charge in [-0.25, -0.2) is 0 Å². The van der Waals surface area contributed by atoms with E-state index in [9.17, 15) is 4.57 Å². The van der Waals surface area contributed by atoms with E-state index in [1.54, 1.807) is 11.8 Å². The molecule has 0 saturated carbocycles. The predicted octanol–water partition coefficient (Wildman–Crippen LogP) is 2.44. The molecule has 0 radical (unpaired) electrons. The molecular formula is C10H16NO2PS. The van der Waals surface area contributed by atoms with Gasteiger partial charge in [-0.15, -0.1) is 11.8 Å². The Hall–Kier alpha value is -0.440. The number of thioether (sulfide) groups is 1. The van der Waals surface area contributed by atoms with Gasteiger partial charge in [-0.05, 0) is 30.4 Å². The molecule has 0 saturated heterocycles. The van der Waals surface area contributed by atoms with E-state index in [2.05, 4.69) is 6.92 Å². The number of benzene rings is 1. The summed E-state index contributed by atoms with van der Waals surface area (Å²) in [5, 5.41) is 0.629. The Morgan fingerprint density at radius 3 is 2.73 bits per heavy atom. The first-order valence-electron chi connectivity index (χ1n) is 4.71. The van der Waals surface area contributed by atoms with Gasteiger partial charge in [0.25, 0.3) is 0 Å². The zero-order chi connectivity index (χ0) is 11.4. The third-order valence-electron chi connectivity index (χ3n) is 2.05. The van der Waals surface area contributed by atoms with Gasteiger partial charge in [0.1, 0.15) is 0 Å². The minimum absolute atomic E-state index is 0.554. The molecule has 0 heterocycles. The van der Waals surface area contributed by atoms with Gasteiger partial charge >= 0.3 is 0 Å². The number of aryl methyl sites for hydroxylation is 1. The highest BCUT2D eigenvalue weighted by Crippen LogP contribution is 2.29. The summed E-state index contributed by atoms with van der Waals surface area (Å²) < 4.78 is 16.4. The average molecular weight is 245 g/mol. The third kappa shape index (κ3) is 3.00. The van der Waals surface area contributed by atoms with Crippen LogP contribution in [0.4, 0.5) is 5.69 Å². The molecule has 1 rings (SSSR count). The number of anilines is 1. The van der Waals surface area contributed by atoms with E-state index in [-0.39, 0.29) is 0 Å². The fourth-order valence-electron chi connectivity index (χ4n) is 1.31. The van der Waals surface area contributed by atoms with Crippen LogP contribution in [-0.2, 0) is 9.09 Å². The van der Waals surface area contributed by atoms with E-state index in [0.29, 0.717) is 11.0 Å². The van der Waals surface area contributed by atoms with Gasteiger partial charge in [0, 0.05) is 17.7 Å². The molecule has 0 aliphatic carbocycles. The van der Waals surface area contributed by atoms with Crippen molar-refractivity contribution >= 4 is 30.8 Å². The van der Waals surface area contributed by atoms with E-state index in [1.165, 1.54) is 7.11 Å². The molecule has 0 aliphatic heterocycles. The van der Waals surface area contributed by atoms with Crippen LogP contribution in [0.1, 0.15) is 12.5 Å². The Kier molecular flexibility index (Phi) is 4.71. The van der Waals surface area contributed by atoms with Gasteiger partial charge in [0.2, 0.25) is 8.03 Å². The molecule has 1 aromatic carbocycles. The average Bonchev–Trinajstić information content (AvgIpc) is 2.21. The summed E-state index contributed by atoms with van der Waals surface area (Å²) >= 11 is 1.72. The molecule has 0 aromatic heterocycles. The number of hydrogen-bond donors (Lipinski definition) is 1. The van der Waals surface area contributed by atoms with E-state index >= 15 is 0 Å². The summed E-state index contributed by atoms with van der Waals surface area (Å²) in [6, 6.07) is 3.73. The van der Waals surface area contributed by atoms with Crippen molar-refractivity contribution in [2.24, 2.45) is 0 Å². The summed E-state index contributed by atoms with van der Waals surface area (Å²) in [4.78, 5) is 1.12. The van der Waals surface area contributed by atoms with Crippen LogP contribution in [0.2, 0.25) is 0 Å². The van der Waals surface area contributed by atoms with Gasteiger partial charge in [0.15, 0.2) is 0 Å². The molecule has 0 amide bonds. The second kappa shape index (κ2) is 5.59. The Morgan fingerprint density at radius 1 is 1.53 bits per heavy atom. The second-order valence-electron chi connectivity index (χ2n) is 3.13. The van der Waals surface area contributed by atoms with Crippen molar-refractivity contribution in [2.75, 3.05) is 18.6 Å². The SMILES string of the molecule is CCSc1cc([PH](=O)OC)c(N)cc1C. The molecule has 1 atom stereocenters. The maximum absolute atomic E-state index is 11.6. The minimum Gasteiger partial charge on any atom is -0.398 e. The molecule has 1 aromatic rings. The highest BCUT2D eigenvalue weighted by molar-refractivity contribution is 7.99. The predicted molar refractivity (Wildman–Crippen MR) is 67.6 cm³/mol. The second-order valence-corrected chi connectivity index (χ2v) is 5.96. The number of nitrogens with two attached hydrogens (primary N) is 1. The zero-order valence-corrected chi connectivity index (χ0v) is 11.0. The Bertz CT molecular complexity index is 382. The molecule has 0 bridgehead atoms. The number of rotatable bonds is 4. The summed E-state index contributed by atoms with van der Waals surface area (Å²) in [6.45, 7) is 4.08. The Balaban J connectivity index is 3.17. The van der Waals surface area contributed by atoms with E-state index in [4.69, 9.17) is 10.3 Å². The monoisotopic (exact) mass is 245 g/mol. The van der Waals surface area contributed by atoms with Crippen molar-refractivity contribution in [3.63, 3.8) is 0 Å². The van der Waals surface area contributed by atoms with E-state index in [1.807, 2.05) is 19.1 Å². The Morgan fingerprint density at radius 2 is 2.20 bits per heavy atom. The van der Waals surface area contributed by atoms with Crippen molar-refractivity contribution in [1.29, 1.82) is 0 Å². The first-order chi connectivity index (χ1) is 7.10. The van der Waals surface area contributed by atoms with Gasteiger partial charge < -0.3 is 10.3 Å². The topological polar surface area (TPSA) is 52.3 Å². The quantitative estimate of drug-likeness (QED) is 0.503. The van der Waals surface area contributed by atoms with Crippen LogP contribution in [0.3, 0.4) is 0 Å². The smallest absolute Gasteiger partial charge is 0.222 e. The van der Waals surface area contributed by atoms with Crippen LogP contribution >= 0.6 is 19.8 Å². The van der Waals surface area contributed by atoms with Crippen molar-refractivity contribution in [2.45, 2.75) is 18.7 Å². The van der Waals surface area contributed by atoms with E-state index < -0.39 is 8.03 Å². The lowest BCUT2D eigenvalue weighted by molar-refractivity contribution is 0.423. The minimum atomic E-state index is -2.18. The summed E-state index contributed by atoms with van der Waals surface area (Å²) in [7, 11) is -0.744. The highest BCUT2D eigenvalue weighted by Gasteiger charge is 2.10. The van der Waals surface area contributed by atoms with Crippen LogP contribution < -0.4 is 11.0 Å². The van der Waals surface area contributed by atoms with Crippen LogP contribution in [0.5, 0.6) is 0 Å². The zero-order valence-electron chi connectivity index (χ0n) is 9.16. The maximum atomic E-state index is 11.6. The number of nitrogen functional groups attached to an aromatic ring is 1. The molecule has 3 nitrogen and oxygen atoms in total. The van der Waals surface area contributed by atoms with Crippen LogP contribution in [0, 0.1) is 6.92 Å². The van der Waals surface area contributed by atoms with Gasteiger partial charge in [-0.1, -0.05) is 6.92 Å². The lowest BCUT2D eigenvalue weighted by atomic mass is 10.2. The first kappa shape index (κ1) is 12.6. The van der Waals surface area contributed by atoms with Crippen LogP contribution in [0.15, 0.2) is 17.0 Å². The summed E-state index contributed by atoms with van der Waals surface area (Å²) in [5.74, 6) is 0.984. The molecule has 1 unspecified atom stereocenters. The lowest BCUT2D eigenvalue weighted by Crippen LogP contribution is -2.07. The van der Waals surface area contributed by atoms with Gasteiger partial charge in [0.05, 0.1) is 5.30 Å². The molecule has 0 fully saturated rings. The molecule has 0 spiro atoms.